The summed E-state index contributed by atoms with van der Waals surface area (Å²) in [6.45, 7) is 7.02. The van der Waals surface area contributed by atoms with E-state index in [2.05, 4.69) is 36.7 Å². The van der Waals surface area contributed by atoms with Crippen LogP contribution in [0.15, 0.2) is 24.5 Å². The van der Waals surface area contributed by atoms with Crippen molar-refractivity contribution in [2.75, 3.05) is 61.1 Å². The lowest BCUT2D eigenvalue weighted by molar-refractivity contribution is 0.122. The lowest BCUT2D eigenvalue weighted by Gasteiger charge is -2.29. The third kappa shape index (κ3) is 3.55. The Labute approximate surface area is 153 Å². The van der Waals surface area contributed by atoms with Crippen LogP contribution in [-0.2, 0) is 4.74 Å². The van der Waals surface area contributed by atoms with Crippen molar-refractivity contribution in [3.05, 3.63) is 30.4 Å². The predicted molar refractivity (Wildman–Crippen MR) is 101 cm³/mol. The minimum atomic E-state index is 0.401. The Morgan fingerprint density at radius 1 is 1.04 bits per heavy atom. The van der Waals surface area contributed by atoms with Crippen LogP contribution in [0.25, 0.3) is 0 Å². The molecule has 0 spiro atoms. The van der Waals surface area contributed by atoms with Crippen molar-refractivity contribution in [1.82, 2.24) is 19.9 Å². The second kappa shape index (κ2) is 7.41. The summed E-state index contributed by atoms with van der Waals surface area (Å²) in [6, 6.07) is 4.37. The normalized spacial score (nSPS) is 20.5. The Kier molecular flexibility index (Phi) is 4.83. The Morgan fingerprint density at radius 3 is 2.65 bits per heavy atom. The van der Waals surface area contributed by atoms with Gasteiger partial charge in [0.25, 0.3) is 0 Å². The number of hydrogen-bond acceptors (Lipinski definition) is 8. The molecule has 2 aliphatic heterocycles. The fourth-order valence-electron chi connectivity index (χ4n) is 3.52. The Balaban J connectivity index is 1.45. The van der Waals surface area contributed by atoms with Gasteiger partial charge >= 0.3 is 0 Å². The molecule has 2 saturated heterocycles. The number of ether oxygens (including phenoxy) is 1. The van der Waals surface area contributed by atoms with Crippen LogP contribution in [-0.4, -0.2) is 72.4 Å². The maximum Gasteiger partial charge on any atom is 0.227 e. The van der Waals surface area contributed by atoms with Crippen LogP contribution < -0.4 is 14.7 Å². The lowest BCUT2D eigenvalue weighted by Crippen LogP contribution is -2.38. The smallest absolute Gasteiger partial charge is 0.227 e. The first kappa shape index (κ1) is 17.0. The van der Waals surface area contributed by atoms with Crippen LogP contribution in [0.3, 0.4) is 0 Å². The van der Waals surface area contributed by atoms with E-state index in [0.29, 0.717) is 6.04 Å². The number of aromatic nitrogens is 4. The van der Waals surface area contributed by atoms with E-state index in [9.17, 15) is 0 Å². The summed E-state index contributed by atoms with van der Waals surface area (Å²) in [4.78, 5) is 24.7. The highest BCUT2D eigenvalue weighted by Crippen LogP contribution is 2.24. The maximum atomic E-state index is 5.42. The van der Waals surface area contributed by atoms with Gasteiger partial charge in [-0.2, -0.15) is 4.98 Å². The molecule has 0 radical (unpaired) electrons. The predicted octanol–water partition coefficient (Wildman–Crippen LogP) is 1.13. The molecule has 0 saturated carbocycles. The maximum absolute atomic E-state index is 5.42. The second-order valence-corrected chi connectivity index (χ2v) is 6.78. The Hall–Kier alpha value is -2.48. The molecular formula is C18H25N7O. The molecule has 4 heterocycles. The standard InChI is InChI=1S/C18H25N7O/c1-14-19-6-4-17(21-14)25-8-5-15(13-25)23(2)16-3-7-20-18(22-16)24-9-11-26-12-10-24/h3-4,6-7,15H,5,8-13H2,1-2H3. The molecule has 2 aromatic rings. The lowest BCUT2D eigenvalue weighted by atomic mass is 10.2. The van der Waals surface area contributed by atoms with Crippen molar-refractivity contribution in [3.63, 3.8) is 0 Å². The zero-order valence-corrected chi connectivity index (χ0v) is 15.4. The van der Waals surface area contributed by atoms with Crippen LogP contribution in [0.2, 0.25) is 0 Å². The number of aryl methyl sites for hydroxylation is 1. The van der Waals surface area contributed by atoms with Gasteiger partial charge in [0, 0.05) is 51.7 Å². The topological polar surface area (TPSA) is 70.5 Å². The molecular weight excluding hydrogens is 330 g/mol. The molecule has 0 aliphatic carbocycles. The van der Waals surface area contributed by atoms with Crippen LogP contribution in [0.1, 0.15) is 12.2 Å². The van der Waals surface area contributed by atoms with Gasteiger partial charge in [-0.25, -0.2) is 15.0 Å². The fourth-order valence-corrected chi connectivity index (χ4v) is 3.52. The number of morpholine rings is 1. The van der Waals surface area contributed by atoms with Gasteiger partial charge in [0.15, 0.2) is 0 Å². The van der Waals surface area contributed by atoms with E-state index >= 15 is 0 Å². The van der Waals surface area contributed by atoms with Crippen molar-refractivity contribution < 1.29 is 4.74 Å². The van der Waals surface area contributed by atoms with E-state index in [-0.39, 0.29) is 0 Å². The minimum Gasteiger partial charge on any atom is -0.378 e. The second-order valence-electron chi connectivity index (χ2n) is 6.78. The molecule has 0 bridgehead atoms. The van der Waals surface area contributed by atoms with E-state index in [1.165, 1.54) is 0 Å². The van der Waals surface area contributed by atoms with Gasteiger partial charge in [0.2, 0.25) is 5.95 Å². The van der Waals surface area contributed by atoms with Gasteiger partial charge in [0.1, 0.15) is 17.5 Å². The molecule has 1 atom stereocenters. The number of hydrogen-bond donors (Lipinski definition) is 0. The molecule has 0 aromatic carbocycles. The average molecular weight is 355 g/mol. The van der Waals surface area contributed by atoms with Crippen LogP contribution >= 0.6 is 0 Å². The first-order valence-electron chi connectivity index (χ1n) is 9.14. The monoisotopic (exact) mass is 355 g/mol. The fraction of sp³-hybridized carbons (Fsp3) is 0.556. The van der Waals surface area contributed by atoms with Crippen LogP contribution in [0, 0.1) is 6.92 Å². The van der Waals surface area contributed by atoms with Gasteiger partial charge in [-0.3, -0.25) is 0 Å². The Bertz CT molecular complexity index is 750. The first-order chi connectivity index (χ1) is 12.7. The molecule has 8 heteroatoms. The van der Waals surface area contributed by atoms with Crippen LogP contribution in [0.5, 0.6) is 0 Å². The zero-order chi connectivity index (χ0) is 17.9. The quantitative estimate of drug-likeness (QED) is 0.808. The summed E-state index contributed by atoms with van der Waals surface area (Å²) >= 11 is 0. The van der Waals surface area contributed by atoms with Crippen molar-refractivity contribution in [2.45, 2.75) is 19.4 Å². The summed E-state index contributed by atoms with van der Waals surface area (Å²) in [6.07, 6.45) is 4.76. The molecule has 0 amide bonds. The van der Waals surface area contributed by atoms with Crippen molar-refractivity contribution in [3.8, 4) is 0 Å². The van der Waals surface area contributed by atoms with Crippen LogP contribution in [0.4, 0.5) is 17.6 Å². The minimum absolute atomic E-state index is 0.401. The number of likely N-dealkylation sites (N-methyl/N-ethyl adjacent to an activating group) is 1. The largest absolute Gasteiger partial charge is 0.378 e. The van der Waals surface area contributed by atoms with Gasteiger partial charge in [-0.1, -0.05) is 0 Å². The van der Waals surface area contributed by atoms with E-state index < -0.39 is 0 Å². The zero-order valence-electron chi connectivity index (χ0n) is 15.4. The average Bonchev–Trinajstić information content (AvgIpc) is 3.18. The van der Waals surface area contributed by atoms with Gasteiger partial charge in [-0.15, -0.1) is 0 Å². The van der Waals surface area contributed by atoms with Crippen molar-refractivity contribution >= 4 is 17.6 Å². The van der Waals surface area contributed by atoms with Gasteiger partial charge < -0.3 is 19.4 Å². The SMILES string of the molecule is Cc1nccc(N2CCC(N(C)c3ccnc(N4CCOCC4)n3)C2)n1. The number of rotatable bonds is 4. The first-order valence-corrected chi connectivity index (χ1v) is 9.14. The molecule has 1 unspecified atom stereocenters. The summed E-state index contributed by atoms with van der Waals surface area (Å²) in [5.41, 5.74) is 0. The van der Waals surface area contributed by atoms with E-state index in [1.807, 2.05) is 31.5 Å². The third-order valence-electron chi connectivity index (χ3n) is 5.08. The molecule has 8 nitrogen and oxygen atoms in total. The molecule has 138 valence electrons. The highest BCUT2D eigenvalue weighted by molar-refractivity contribution is 5.47. The molecule has 2 fully saturated rings. The van der Waals surface area contributed by atoms with E-state index in [0.717, 1.165) is 69.2 Å². The molecule has 4 rings (SSSR count). The van der Waals surface area contributed by atoms with E-state index in [1.54, 1.807) is 0 Å². The highest BCUT2D eigenvalue weighted by Gasteiger charge is 2.28. The van der Waals surface area contributed by atoms with Gasteiger partial charge in [-0.05, 0) is 25.5 Å². The summed E-state index contributed by atoms with van der Waals surface area (Å²) in [5, 5.41) is 0. The summed E-state index contributed by atoms with van der Waals surface area (Å²) < 4.78 is 5.42. The third-order valence-corrected chi connectivity index (χ3v) is 5.08. The van der Waals surface area contributed by atoms with Crippen molar-refractivity contribution in [2.24, 2.45) is 0 Å². The Morgan fingerprint density at radius 2 is 1.85 bits per heavy atom. The highest BCUT2D eigenvalue weighted by atomic mass is 16.5. The molecule has 26 heavy (non-hydrogen) atoms. The number of anilines is 3. The summed E-state index contributed by atoms with van der Waals surface area (Å²) in [5.74, 6) is 3.57. The molecule has 0 N–H and O–H groups in total. The molecule has 2 aromatic heterocycles. The van der Waals surface area contributed by atoms with E-state index in [4.69, 9.17) is 9.72 Å². The molecule has 2 aliphatic rings. The van der Waals surface area contributed by atoms with Crippen molar-refractivity contribution in [1.29, 1.82) is 0 Å². The number of nitrogens with zero attached hydrogens (tertiary/aromatic N) is 7. The summed E-state index contributed by atoms with van der Waals surface area (Å²) in [7, 11) is 2.12. The van der Waals surface area contributed by atoms with Gasteiger partial charge in [0.05, 0.1) is 13.2 Å².